The van der Waals surface area contributed by atoms with Gasteiger partial charge < -0.3 is 0 Å². The summed E-state index contributed by atoms with van der Waals surface area (Å²) in [6.45, 7) is 0. The fourth-order valence-corrected chi connectivity index (χ4v) is 0.964. The molecule has 0 unspecified atom stereocenters. The van der Waals surface area contributed by atoms with Crippen LogP contribution in [0.1, 0.15) is 5.56 Å². The fraction of sp³-hybridized carbons (Fsp3) is 0. The van der Waals surface area contributed by atoms with Gasteiger partial charge in [-0.15, -0.1) is 0 Å². The van der Waals surface area contributed by atoms with Crippen molar-refractivity contribution in [3.63, 3.8) is 0 Å². The summed E-state index contributed by atoms with van der Waals surface area (Å²) in [7, 11) is 0. The summed E-state index contributed by atoms with van der Waals surface area (Å²) in [5.74, 6) is 0. The van der Waals surface area contributed by atoms with Gasteiger partial charge in [-0.05, 0) is 12.1 Å². The number of benzene rings is 1. The van der Waals surface area contributed by atoms with Crippen molar-refractivity contribution in [1.82, 2.24) is 10.9 Å². The van der Waals surface area contributed by atoms with Gasteiger partial charge in [-0.3, -0.25) is 5.43 Å². The predicted octanol–water partition coefficient (Wildman–Crippen LogP) is 1.41. The van der Waals surface area contributed by atoms with Gasteiger partial charge in [0.1, 0.15) is 0 Å². The molecule has 0 atom stereocenters. The first-order valence-electron chi connectivity index (χ1n) is 3.19. The molecule has 1 radical (unpaired) electrons. The zero-order valence-electron chi connectivity index (χ0n) is 5.41. The minimum atomic E-state index is 1.00. The number of para-hydroxylation sites is 1. The monoisotopic (exact) mass is 131 g/mol. The van der Waals surface area contributed by atoms with Crippen molar-refractivity contribution >= 4 is 11.8 Å². The van der Waals surface area contributed by atoms with Crippen molar-refractivity contribution in [2.45, 2.75) is 0 Å². The Morgan fingerprint density at radius 3 is 3.00 bits per heavy atom. The van der Waals surface area contributed by atoms with E-state index in [9.17, 15) is 0 Å². The lowest BCUT2D eigenvalue weighted by Crippen LogP contribution is -2.16. The molecular formula is C8H7N2. The van der Waals surface area contributed by atoms with E-state index in [1.54, 1.807) is 0 Å². The summed E-state index contributed by atoms with van der Waals surface area (Å²) >= 11 is 0. The van der Waals surface area contributed by atoms with Gasteiger partial charge in [0.2, 0.25) is 0 Å². The summed E-state index contributed by atoms with van der Waals surface area (Å²) in [5, 5.41) is 0. The van der Waals surface area contributed by atoms with Crippen LogP contribution in [0.3, 0.4) is 0 Å². The van der Waals surface area contributed by atoms with Crippen LogP contribution in [-0.2, 0) is 0 Å². The Kier molecular flexibility index (Phi) is 1.10. The van der Waals surface area contributed by atoms with Crippen LogP contribution in [0.4, 0.5) is 5.69 Å². The summed E-state index contributed by atoms with van der Waals surface area (Å²) in [5.41, 5.74) is 9.01. The minimum absolute atomic E-state index is 1.00. The van der Waals surface area contributed by atoms with E-state index in [-0.39, 0.29) is 0 Å². The van der Waals surface area contributed by atoms with Gasteiger partial charge in [0.15, 0.2) is 0 Å². The van der Waals surface area contributed by atoms with Crippen molar-refractivity contribution in [3.05, 3.63) is 36.0 Å². The Balaban J connectivity index is 2.54. The molecule has 2 rings (SSSR count). The van der Waals surface area contributed by atoms with Crippen LogP contribution in [0.15, 0.2) is 30.5 Å². The first kappa shape index (κ1) is 5.35. The van der Waals surface area contributed by atoms with Crippen LogP contribution in [0.5, 0.6) is 0 Å². The number of fused-ring (bicyclic) bond motifs is 1. The van der Waals surface area contributed by atoms with Crippen LogP contribution in [0.25, 0.3) is 6.08 Å². The molecule has 0 spiro atoms. The van der Waals surface area contributed by atoms with Gasteiger partial charge in [-0.1, -0.05) is 18.2 Å². The number of nitrogens with zero attached hydrogens (tertiary/aromatic N) is 1. The van der Waals surface area contributed by atoms with E-state index in [1.165, 1.54) is 5.56 Å². The molecule has 0 fully saturated rings. The fourth-order valence-electron chi connectivity index (χ4n) is 0.964. The molecular weight excluding hydrogens is 124 g/mol. The average molecular weight is 131 g/mol. The van der Waals surface area contributed by atoms with Gasteiger partial charge >= 0.3 is 0 Å². The lowest BCUT2D eigenvalue weighted by Gasteiger charge is -2.09. The highest BCUT2D eigenvalue weighted by atomic mass is 15.3. The van der Waals surface area contributed by atoms with Gasteiger partial charge in [-0.2, -0.15) is 5.43 Å². The third-order valence-electron chi connectivity index (χ3n) is 1.46. The number of hydrogen-bond acceptors (Lipinski definition) is 1. The molecule has 1 heterocycles. The maximum atomic E-state index is 4.06. The topological polar surface area (TPSA) is 26.1 Å². The highest BCUT2D eigenvalue weighted by Gasteiger charge is 2.00. The van der Waals surface area contributed by atoms with Gasteiger partial charge in [0, 0.05) is 11.8 Å². The van der Waals surface area contributed by atoms with E-state index in [4.69, 9.17) is 0 Å². The summed E-state index contributed by atoms with van der Waals surface area (Å²) in [6.07, 6.45) is 3.82. The molecule has 1 aromatic carbocycles. The number of rotatable bonds is 0. The molecule has 1 aliphatic heterocycles. The summed E-state index contributed by atoms with van der Waals surface area (Å²) in [6, 6.07) is 8.00. The second kappa shape index (κ2) is 2.06. The van der Waals surface area contributed by atoms with E-state index in [0.29, 0.717) is 0 Å². The van der Waals surface area contributed by atoms with Gasteiger partial charge in [0.05, 0.1) is 5.69 Å². The molecule has 0 aliphatic carbocycles. The van der Waals surface area contributed by atoms with Crippen molar-refractivity contribution in [2.24, 2.45) is 0 Å². The second-order valence-corrected chi connectivity index (χ2v) is 2.13. The van der Waals surface area contributed by atoms with E-state index in [2.05, 4.69) is 10.9 Å². The van der Waals surface area contributed by atoms with Crippen LogP contribution < -0.4 is 10.9 Å². The van der Waals surface area contributed by atoms with Crippen LogP contribution in [0, 0.1) is 0 Å². The van der Waals surface area contributed by atoms with Crippen LogP contribution in [0.2, 0.25) is 0 Å². The molecule has 0 saturated carbocycles. The quantitative estimate of drug-likeness (QED) is 0.566. The molecule has 0 amide bonds. The SMILES string of the molecule is C1=Cc2ccccc2[N]N1. The van der Waals surface area contributed by atoms with E-state index in [1.807, 2.05) is 36.5 Å². The Labute approximate surface area is 59.5 Å². The number of nitrogens with one attached hydrogen (secondary N) is 1. The molecule has 2 heteroatoms. The van der Waals surface area contributed by atoms with Crippen LogP contribution >= 0.6 is 0 Å². The molecule has 1 aromatic rings. The van der Waals surface area contributed by atoms with Crippen molar-refractivity contribution < 1.29 is 0 Å². The predicted molar refractivity (Wildman–Crippen MR) is 40.4 cm³/mol. The Morgan fingerprint density at radius 1 is 1.20 bits per heavy atom. The highest BCUT2D eigenvalue weighted by molar-refractivity contribution is 5.64. The first-order chi connectivity index (χ1) is 4.97. The molecule has 10 heavy (non-hydrogen) atoms. The molecule has 49 valence electrons. The van der Waals surface area contributed by atoms with Crippen molar-refractivity contribution in [3.8, 4) is 0 Å². The molecule has 1 N–H and O–H groups in total. The normalized spacial score (nSPS) is 13.2. The lowest BCUT2D eigenvalue weighted by atomic mass is 10.1. The molecule has 2 nitrogen and oxygen atoms in total. The Hall–Kier alpha value is -1.44. The highest BCUT2D eigenvalue weighted by Crippen LogP contribution is 2.17. The lowest BCUT2D eigenvalue weighted by molar-refractivity contribution is 0.764. The van der Waals surface area contributed by atoms with Gasteiger partial charge in [-0.25, -0.2) is 0 Å². The van der Waals surface area contributed by atoms with Gasteiger partial charge in [0.25, 0.3) is 0 Å². The summed E-state index contributed by atoms with van der Waals surface area (Å²) in [4.78, 5) is 0. The smallest absolute Gasteiger partial charge is 0.0906 e. The maximum absolute atomic E-state index is 4.06. The molecule has 0 bridgehead atoms. The van der Waals surface area contributed by atoms with E-state index < -0.39 is 0 Å². The second-order valence-electron chi connectivity index (χ2n) is 2.13. The zero-order chi connectivity index (χ0) is 6.81. The number of hydrogen-bond donors (Lipinski definition) is 1. The van der Waals surface area contributed by atoms with Crippen LogP contribution in [-0.4, -0.2) is 0 Å². The largest absolute Gasteiger partial charge is 0.285 e. The first-order valence-corrected chi connectivity index (χ1v) is 3.19. The van der Waals surface area contributed by atoms with E-state index in [0.717, 1.165) is 5.69 Å². The molecule has 1 aliphatic rings. The molecule has 0 aromatic heterocycles. The van der Waals surface area contributed by atoms with E-state index >= 15 is 0 Å². The standard InChI is InChI=1S/C8H7N2/c1-2-4-8-7(3-1)5-6-9-10-8/h1-6,9H. The van der Waals surface area contributed by atoms with Crippen molar-refractivity contribution in [1.29, 1.82) is 0 Å². The Morgan fingerprint density at radius 2 is 2.10 bits per heavy atom. The zero-order valence-corrected chi connectivity index (χ0v) is 5.41. The summed E-state index contributed by atoms with van der Waals surface area (Å²) < 4.78 is 0. The third kappa shape index (κ3) is 0.739. The molecule has 0 saturated heterocycles. The minimum Gasteiger partial charge on any atom is -0.285 e. The maximum Gasteiger partial charge on any atom is 0.0906 e. The third-order valence-corrected chi connectivity index (χ3v) is 1.46. The average Bonchev–Trinajstić information content (AvgIpc) is 2.05. The van der Waals surface area contributed by atoms with Crippen molar-refractivity contribution in [2.75, 3.05) is 0 Å². The Bertz CT molecular complexity index is 266.